The van der Waals surface area contributed by atoms with Crippen LogP contribution in [0.1, 0.15) is 38.5 Å². The van der Waals surface area contributed by atoms with E-state index in [-0.39, 0.29) is 12.1 Å². The van der Waals surface area contributed by atoms with Gasteiger partial charge < -0.3 is 15.1 Å². The molecule has 5 nitrogen and oxygen atoms in total. The minimum atomic E-state index is -0.150. The maximum absolute atomic E-state index is 12.0. The molecule has 1 saturated carbocycles. The third-order valence-corrected chi connectivity index (χ3v) is 4.44. The van der Waals surface area contributed by atoms with Crippen molar-refractivity contribution in [2.24, 2.45) is 5.92 Å². The Bertz CT molecular complexity index is 639. The van der Waals surface area contributed by atoms with E-state index in [1.807, 2.05) is 30.3 Å². The molecule has 0 spiro atoms. The van der Waals surface area contributed by atoms with Crippen LogP contribution in [0.15, 0.2) is 40.9 Å². The van der Waals surface area contributed by atoms with Gasteiger partial charge in [-0.15, -0.1) is 0 Å². The average molecular weight is 313 g/mol. The lowest BCUT2D eigenvalue weighted by atomic mass is 9.86. The molecule has 0 radical (unpaired) electrons. The summed E-state index contributed by atoms with van der Waals surface area (Å²) in [7, 11) is 0. The van der Waals surface area contributed by atoms with Gasteiger partial charge in [0.05, 0.1) is 12.7 Å². The van der Waals surface area contributed by atoms with Gasteiger partial charge in [-0.2, -0.15) is 0 Å². The van der Waals surface area contributed by atoms with E-state index in [1.54, 1.807) is 6.20 Å². The number of nitrogens with one attached hydrogen (secondary N) is 2. The second-order valence-corrected chi connectivity index (χ2v) is 6.18. The number of urea groups is 1. The largest absolute Gasteiger partial charge is 0.439 e. The number of amides is 2. The van der Waals surface area contributed by atoms with Crippen molar-refractivity contribution in [2.45, 2.75) is 45.2 Å². The van der Waals surface area contributed by atoms with Gasteiger partial charge in [0.1, 0.15) is 0 Å². The summed E-state index contributed by atoms with van der Waals surface area (Å²) in [5.74, 6) is 1.76. The van der Waals surface area contributed by atoms with Crippen LogP contribution in [0.3, 0.4) is 0 Å². The molecule has 2 unspecified atom stereocenters. The molecular weight excluding hydrogens is 290 g/mol. The van der Waals surface area contributed by atoms with E-state index < -0.39 is 0 Å². The lowest BCUT2D eigenvalue weighted by Crippen LogP contribution is -2.45. The molecule has 1 aliphatic rings. The maximum Gasteiger partial charge on any atom is 0.315 e. The fourth-order valence-electron chi connectivity index (χ4n) is 3.03. The Morgan fingerprint density at radius 3 is 2.83 bits per heavy atom. The number of oxazole rings is 1. The van der Waals surface area contributed by atoms with Gasteiger partial charge in [0.25, 0.3) is 0 Å². The molecule has 1 aromatic heterocycles. The Hall–Kier alpha value is -2.30. The number of hydrogen-bond donors (Lipinski definition) is 2. The predicted octanol–water partition coefficient (Wildman–Crippen LogP) is 3.72. The quantitative estimate of drug-likeness (QED) is 0.904. The molecule has 1 aromatic carbocycles. The first-order chi connectivity index (χ1) is 11.2. The third-order valence-electron chi connectivity index (χ3n) is 4.44. The predicted molar refractivity (Wildman–Crippen MR) is 88.7 cm³/mol. The minimum Gasteiger partial charge on any atom is -0.439 e. The Balaban J connectivity index is 1.50. The first kappa shape index (κ1) is 15.6. The average Bonchev–Trinajstić information content (AvgIpc) is 3.05. The fraction of sp³-hybridized carbons (Fsp3) is 0.444. The molecule has 2 aromatic rings. The highest BCUT2D eigenvalue weighted by molar-refractivity contribution is 5.74. The smallest absolute Gasteiger partial charge is 0.315 e. The van der Waals surface area contributed by atoms with Crippen LogP contribution in [-0.2, 0) is 6.54 Å². The molecule has 0 bridgehead atoms. The van der Waals surface area contributed by atoms with Gasteiger partial charge in [-0.25, -0.2) is 9.78 Å². The highest BCUT2D eigenvalue weighted by Gasteiger charge is 2.22. The molecule has 1 fully saturated rings. The molecule has 1 aliphatic carbocycles. The van der Waals surface area contributed by atoms with Gasteiger partial charge in [0.2, 0.25) is 5.89 Å². The van der Waals surface area contributed by atoms with Crippen LogP contribution in [0.25, 0.3) is 11.3 Å². The first-order valence-corrected chi connectivity index (χ1v) is 8.27. The Morgan fingerprint density at radius 2 is 2.04 bits per heavy atom. The number of nitrogens with zero attached hydrogens (tertiary/aromatic N) is 1. The molecule has 122 valence electrons. The number of carbonyl (C=O) groups is 1. The summed E-state index contributed by atoms with van der Waals surface area (Å²) in [6.45, 7) is 2.49. The fourth-order valence-corrected chi connectivity index (χ4v) is 3.03. The van der Waals surface area contributed by atoms with Crippen molar-refractivity contribution in [3.8, 4) is 11.3 Å². The highest BCUT2D eigenvalue weighted by Crippen LogP contribution is 2.23. The van der Waals surface area contributed by atoms with Crippen molar-refractivity contribution in [1.82, 2.24) is 15.6 Å². The summed E-state index contributed by atoms with van der Waals surface area (Å²) in [5, 5.41) is 5.88. The molecule has 1 heterocycles. The van der Waals surface area contributed by atoms with Crippen LogP contribution in [0, 0.1) is 5.92 Å². The number of hydrogen-bond acceptors (Lipinski definition) is 3. The Kier molecular flexibility index (Phi) is 4.95. The Labute approximate surface area is 136 Å². The van der Waals surface area contributed by atoms with Crippen LogP contribution in [-0.4, -0.2) is 17.1 Å². The molecule has 0 aliphatic heterocycles. The summed E-state index contributed by atoms with van der Waals surface area (Å²) in [5.41, 5.74) is 0.978. The van der Waals surface area contributed by atoms with Crippen LogP contribution in [0.2, 0.25) is 0 Å². The summed E-state index contributed by atoms with van der Waals surface area (Å²) in [6, 6.07) is 9.92. The molecule has 2 amide bonds. The van der Waals surface area contributed by atoms with E-state index in [0.29, 0.717) is 24.1 Å². The number of benzene rings is 1. The second kappa shape index (κ2) is 7.31. The third kappa shape index (κ3) is 4.12. The summed E-state index contributed by atoms with van der Waals surface area (Å²) in [6.07, 6.45) is 6.39. The first-order valence-electron chi connectivity index (χ1n) is 8.27. The van der Waals surface area contributed by atoms with Gasteiger partial charge in [0.15, 0.2) is 5.76 Å². The number of aromatic nitrogens is 1. The van der Waals surface area contributed by atoms with Crippen LogP contribution >= 0.6 is 0 Å². The standard InChI is InChI=1S/C18H23N3O2/c1-13-7-5-6-10-15(13)21-18(22)20-12-17-19-11-16(23-17)14-8-3-2-4-9-14/h2-4,8-9,11,13,15H,5-7,10,12H2,1H3,(H2,20,21,22). The molecule has 2 atom stereocenters. The van der Waals surface area contributed by atoms with E-state index in [9.17, 15) is 4.79 Å². The molecular formula is C18H23N3O2. The van der Waals surface area contributed by atoms with Crippen LogP contribution < -0.4 is 10.6 Å². The van der Waals surface area contributed by atoms with Crippen LogP contribution in [0.4, 0.5) is 4.79 Å². The van der Waals surface area contributed by atoms with Gasteiger partial charge in [-0.05, 0) is 18.8 Å². The second-order valence-electron chi connectivity index (χ2n) is 6.18. The van der Waals surface area contributed by atoms with E-state index in [0.717, 1.165) is 12.0 Å². The van der Waals surface area contributed by atoms with Gasteiger partial charge in [-0.1, -0.05) is 50.1 Å². The van der Waals surface area contributed by atoms with Crippen molar-refractivity contribution in [1.29, 1.82) is 0 Å². The maximum atomic E-state index is 12.0. The summed E-state index contributed by atoms with van der Waals surface area (Å²) >= 11 is 0. The van der Waals surface area contributed by atoms with Gasteiger partial charge in [0, 0.05) is 11.6 Å². The minimum absolute atomic E-state index is 0.150. The number of carbonyl (C=O) groups excluding carboxylic acids is 1. The zero-order valence-corrected chi connectivity index (χ0v) is 13.4. The van der Waals surface area contributed by atoms with Crippen molar-refractivity contribution in [2.75, 3.05) is 0 Å². The van der Waals surface area contributed by atoms with Gasteiger partial charge in [-0.3, -0.25) is 0 Å². The van der Waals surface area contributed by atoms with E-state index in [2.05, 4.69) is 22.5 Å². The molecule has 0 saturated heterocycles. The number of rotatable bonds is 4. The summed E-state index contributed by atoms with van der Waals surface area (Å²) < 4.78 is 5.68. The molecule has 23 heavy (non-hydrogen) atoms. The van der Waals surface area contributed by atoms with Crippen molar-refractivity contribution < 1.29 is 9.21 Å². The van der Waals surface area contributed by atoms with Gasteiger partial charge >= 0.3 is 6.03 Å². The molecule has 5 heteroatoms. The monoisotopic (exact) mass is 313 g/mol. The Morgan fingerprint density at radius 1 is 1.26 bits per heavy atom. The zero-order chi connectivity index (χ0) is 16.1. The topological polar surface area (TPSA) is 67.2 Å². The van der Waals surface area contributed by atoms with E-state index >= 15 is 0 Å². The van der Waals surface area contributed by atoms with Crippen LogP contribution in [0.5, 0.6) is 0 Å². The SMILES string of the molecule is CC1CCCCC1NC(=O)NCc1ncc(-c2ccccc2)o1. The van der Waals surface area contributed by atoms with E-state index in [4.69, 9.17) is 4.42 Å². The molecule has 2 N–H and O–H groups in total. The normalized spacial score (nSPS) is 20.9. The lowest BCUT2D eigenvalue weighted by molar-refractivity contribution is 0.220. The highest BCUT2D eigenvalue weighted by atomic mass is 16.4. The van der Waals surface area contributed by atoms with Crippen molar-refractivity contribution in [3.05, 3.63) is 42.4 Å². The zero-order valence-electron chi connectivity index (χ0n) is 13.4. The molecule has 3 rings (SSSR count). The van der Waals surface area contributed by atoms with Crippen molar-refractivity contribution >= 4 is 6.03 Å². The van der Waals surface area contributed by atoms with E-state index in [1.165, 1.54) is 19.3 Å². The van der Waals surface area contributed by atoms with Crippen molar-refractivity contribution in [3.63, 3.8) is 0 Å². The lowest BCUT2D eigenvalue weighted by Gasteiger charge is -2.29. The summed E-state index contributed by atoms with van der Waals surface area (Å²) in [4.78, 5) is 16.2.